The van der Waals surface area contributed by atoms with Crippen molar-refractivity contribution in [3.63, 3.8) is 0 Å². The molecule has 5 heterocycles. The molecule has 0 radical (unpaired) electrons. The minimum atomic E-state index is 0.216. The van der Waals surface area contributed by atoms with Gasteiger partial charge in [0, 0.05) is 30.5 Å². The number of nitrogens with zero attached hydrogens (tertiary/aromatic N) is 10. The van der Waals surface area contributed by atoms with Crippen LogP contribution in [0.1, 0.15) is 84.1 Å². The smallest absolute Gasteiger partial charge is 0.252 e. The highest BCUT2D eigenvalue weighted by molar-refractivity contribution is 6.16. The van der Waals surface area contributed by atoms with Crippen LogP contribution in [-0.4, -0.2) is 24.9 Å². The molecule has 0 spiro atoms. The summed E-state index contributed by atoms with van der Waals surface area (Å²) in [5.41, 5.74) is 19.9. The fourth-order valence-electron chi connectivity index (χ4n) is 18.7. The molecule has 0 unspecified atom stereocenters. The highest BCUT2D eigenvalue weighted by Gasteiger charge is 2.29. The Morgan fingerprint density at radius 1 is 0.298 bits per heavy atom. The van der Waals surface area contributed by atoms with Crippen molar-refractivity contribution < 1.29 is 22.8 Å². The molecule has 16 aromatic carbocycles. The summed E-state index contributed by atoms with van der Waals surface area (Å²) < 4.78 is 10.8. The van der Waals surface area contributed by atoms with Crippen molar-refractivity contribution in [2.75, 3.05) is 0 Å². The molecular formula is C114H105N10+5. The van der Waals surface area contributed by atoms with E-state index in [1.54, 1.807) is 0 Å². The first-order valence-corrected chi connectivity index (χ1v) is 43.4. The van der Waals surface area contributed by atoms with Crippen molar-refractivity contribution in [2.45, 2.75) is 94.4 Å². The predicted molar refractivity (Wildman–Crippen MR) is 515 cm³/mol. The van der Waals surface area contributed by atoms with E-state index in [1.165, 1.54) is 193 Å². The van der Waals surface area contributed by atoms with Crippen molar-refractivity contribution in [3.8, 4) is 56.8 Å². The van der Waals surface area contributed by atoms with E-state index in [0.29, 0.717) is 0 Å². The normalized spacial score (nSPS) is 12.0. The number of hydrogen-bond donors (Lipinski definition) is 0. The Labute approximate surface area is 726 Å². The average molecular weight is 1620 g/mol. The lowest BCUT2D eigenvalue weighted by Crippen LogP contribution is -2.35. The highest BCUT2D eigenvalue weighted by atomic mass is 15.0. The Morgan fingerprint density at radius 2 is 0.669 bits per heavy atom. The van der Waals surface area contributed by atoms with Crippen LogP contribution < -0.4 is 22.8 Å². The number of aromatic nitrogens is 10. The topological polar surface area (TPSA) is 83.8 Å². The molecule has 0 N–H and O–H groups in total. The molecule has 0 saturated heterocycles. The fourth-order valence-corrected chi connectivity index (χ4v) is 18.7. The molecule has 0 bridgehead atoms. The summed E-state index contributed by atoms with van der Waals surface area (Å²) in [5, 5.41) is 26.8. The highest BCUT2D eigenvalue weighted by Crippen LogP contribution is 2.41. The number of aryl methyl sites for hydroxylation is 12. The van der Waals surface area contributed by atoms with Crippen LogP contribution in [0.2, 0.25) is 0 Å². The van der Waals surface area contributed by atoms with Gasteiger partial charge in [0.2, 0.25) is 5.69 Å². The summed E-state index contributed by atoms with van der Waals surface area (Å²) >= 11 is 0. The molecule has 0 saturated carbocycles. The molecule has 10 nitrogen and oxygen atoms in total. The standard InChI is InChI=1S/C25H27N2.C24H23N2.C24H19N2.C21H19N2.C20H17N2/c1-17-10-12-21-20-9-7-6-8-18(20)11-13-22(21)23(17)24-26-19(14-15-27(24)5)16-25(2,3)4;2*1-16-11-13-20-19-9-5-3-7-17(19)12-14-21(20)23(16)24-25-22-10-6-4-8-18(22)15-26(24)2;1-14-8-10-18-17-7-5-4-6-16(17)9-11-19(18)20(14)21-22-13-12-15(2)23(21)3;1-14-7-9-17-16-6-4-3-5-15(16)8-10-18(17)20(14)19-13-21-11-12-22(19)2/h6-15H,16H2,1-5H3;3,5,7,9,11-15H,4,6,8,10H2,1-2H3;3-15H,1-2H3;4-13H,1-3H3;3-13H,1-2H3/q5*+1. The summed E-state index contributed by atoms with van der Waals surface area (Å²) in [5.74, 6) is 4.14. The number of para-hydroxylation sites is 1. The molecule has 10 heteroatoms. The molecule has 0 aliphatic heterocycles. The largest absolute Gasteiger partial charge is 0.331 e. The summed E-state index contributed by atoms with van der Waals surface area (Å²) in [6, 6.07) is 99.9. The van der Waals surface area contributed by atoms with Gasteiger partial charge in [-0.15, -0.1) is 0 Å². The van der Waals surface area contributed by atoms with E-state index in [4.69, 9.17) is 15.0 Å². The second kappa shape index (κ2) is 34.0. The Kier molecular flexibility index (Phi) is 22.2. The van der Waals surface area contributed by atoms with Crippen molar-refractivity contribution in [2.24, 2.45) is 40.7 Å². The van der Waals surface area contributed by atoms with Crippen molar-refractivity contribution >= 4 is 119 Å². The monoisotopic (exact) mass is 1610 g/mol. The van der Waals surface area contributed by atoms with Gasteiger partial charge in [-0.1, -0.05) is 276 Å². The zero-order valence-electron chi connectivity index (χ0n) is 73.6. The average Bonchev–Trinajstić information content (AvgIpc) is 0.779. The lowest BCUT2D eigenvalue weighted by Gasteiger charge is -2.16. The molecule has 1 aliphatic carbocycles. The van der Waals surface area contributed by atoms with Crippen molar-refractivity contribution in [3.05, 3.63) is 373 Å². The molecule has 5 aromatic heterocycles. The van der Waals surface area contributed by atoms with Gasteiger partial charge in [0.1, 0.15) is 25.1 Å². The summed E-state index contributed by atoms with van der Waals surface area (Å²) in [4.78, 5) is 24.2. The van der Waals surface area contributed by atoms with Gasteiger partial charge in [0.05, 0.1) is 86.2 Å². The summed E-state index contributed by atoms with van der Waals surface area (Å²) in [6.07, 6.45) is 20.0. The lowest BCUT2D eigenvalue weighted by atomic mass is 9.90. The van der Waals surface area contributed by atoms with E-state index >= 15 is 0 Å². The minimum absolute atomic E-state index is 0.216. The van der Waals surface area contributed by atoms with Gasteiger partial charge in [-0.25, -0.2) is 18.3 Å². The lowest BCUT2D eigenvalue weighted by molar-refractivity contribution is -0.669. The van der Waals surface area contributed by atoms with Crippen LogP contribution in [0.3, 0.4) is 0 Å². The molecular weight excluding hydrogens is 1510 g/mol. The molecule has 124 heavy (non-hydrogen) atoms. The van der Waals surface area contributed by atoms with Crippen LogP contribution in [-0.2, 0) is 54.5 Å². The Morgan fingerprint density at radius 3 is 1.11 bits per heavy atom. The van der Waals surface area contributed by atoms with Crippen LogP contribution in [0.25, 0.3) is 175 Å². The van der Waals surface area contributed by atoms with E-state index < -0.39 is 0 Å². The maximum absolute atomic E-state index is 5.14. The first-order chi connectivity index (χ1) is 60.2. The van der Waals surface area contributed by atoms with E-state index in [2.05, 4.69) is 416 Å². The van der Waals surface area contributed by atoms with E-state index in [-0.39, 0.29) is 5.41 Å². The zero-order valence-corrected chi connectivity index (χ0v) is 73.6. The fraction of sp³-hybridized carbons (Fsp3) is 0.175. The van der Waals surface area contributed by atoms with Crippen LogP contribution in [0.15, 0.2) is 322 Å². The molecule has 0 fully saturated rings. The number of benzene rings is 16. The van der Waals surface area contributed by atoms with Crippen LogP contribution in [0.4, 0.5) is 0 Å². The van der Waals surface area contributed by atoms with Gasteiger partial charge in [-0.3, -0.25) is 4.98 Å². The third-order valence-corrected chi connectivity index (χ3v) is 25.2. The van der Waals surface area contributed by atoms with Crippen LogP contribution in [0, 0.1) is 47.0 Å². The van der Waals surface area contributed by atoms with Gasteiger partial charge >= 0.3 is 23.3 Å². The number of rotatable bonds is 6. The van der Waals surface area contributed by atoms with E-state index in [0.717, 1.165) is 64.9 Å². The van der Waals surface area contributed by atoms with Crippen LogP contribution in [0.5, 0.6) is 0 Å². The van der Waals surface area contributed by atoms with E-state index in [9.17, 15) is 0 Å². The minimum Gasteiger partial charge on any atom is -0.252 e. The summed E-state index contributed by atoms with van der Waals surface area (Å²) in [7, 11) is 10.4. The maximum Gasteiger partial charge on any atom is 0.331 e. The van der Waals surface area contributed by atoms with Gasteiger partial charge < -0.3 is 0 Å². The first kappa shape index (κ1) is 80.8. The van der Waals surface area contributed by atoms with Crippen molar-refractivity contribution in [1.29, 1.82) is 0 Å². The Hall–Kier alpha value is -14.2. The summed E-state index contributed by atoms with van der Waals surface area (Å²) in [6.45, 7) is 19.8. The second-order valence-electron chi connectivity index (χ2n) is 34.9. The molecule has 0 atom stereocenters. The zero-order chi connectivity index (χ0) is 85.6. The third-order valence-electron chi connectivity index (χ3n) is 25.2. The molecule has 1 aliphatic rings. The number of fused-ring (bicyclic) bond motifs is 17. The molecule has 606 valence electrons. The molecule has 22 rings (SSSR count). The quantitative estimate of drug-likeness (QED) is 0.122. The second-order valence-corrected chi connectivity index (χ2v) is 34.9. The van der Waals surface area contributed by atoms with E-state index in [1.807, 2.05) is 36.9 Å². The van der Waals surface area contributed by atoms with Crippen LogP contribution >= 0.6 is 0 Å². The molecule has 21 aromatic rings. The maximum atomic E-state index is 5.14. The predicted octanol–water partition coefficient (Wildman–Crippen LogP) is 24.9. The third kappa shape index (κ3) is 15.7. The van der Waals surface area contributed by atoms with Gasteiger partial charge in [0.15, 0.2) is 23.1 Å². The molecule has 0 amide bonds. The Balaban J connectivity index is 0.000000106. The van der Waals surface area contributed by atoms with Crippen molar-refractivity contribution in [1.82, 2.24) is 24.9 Å². The first-order valence-electron chi connectivity index (χ1n) is 43.4. The SMILES string of the molecule is Cc1ccc2c(ccc3ccccc32)c1-c1cncc[n+]1C.Cc1ccc2c(ccc3ccccc32)c1-c1nc(CC(C)(C)C)cc[n+]1C.Cc1ccc2c(ccc3ccccc32)c1-c1nc2c(c[n+]1C)CCCC2.Cc1ccc2c(ccc3ccccc32)c1-c1nc2ccccc2c[n+]1C.Cc1ccc2c(ccc3ccccc32)c1-c1nccc(C)[n+]1C. The van der Waals surface area contributed by atoms with Gasteiger partial charge in [-0.05, 0) is 234 Å². The van der Waals surface area contributed by atoms with Gasteiger partial charge in [-0.2, -0.15) is 4.57 Å². The van der Waals surface area contributed by atoms with Gasteiger partial charge in [0.25, 0.3) is 0 Å². The Bertz CT molecular complexity index is 7790. The number of hydrogen-bond acceptors (Lipinski definition) is 5.